The molecule has 0 atom stereocenters. The van der Waals surface area contributed by atoms with Gasteiger partial charge in [-0.1, -0.05) is 13.8 Å². The summed E-state index contributed by atoms with van der Waals surface area (Å²) in [6, 6.07) is 8.69. The van der Waals surface area contributed by atoms with E-state index in [0.717, 1.165) is 23.3 Å². The number of ether oxygens (including phenoxy) is 1. The molecule has 2 N–H and O–H groups in total. The lowest BCUT2D eigenvalue weighted by Gasteiger charge is -2.07. The van der Waals surface area contributed by atoms with E-state index in [4.69, 9.17) is 4.74 Å². The number of nitrogens with one attached hydrogen (secondary N) is 2. The molecule has 0 spiro atoms. The number of hydrazine groups is 1. The minimum atomic E-state index is -0.409. The summed E-state index contributed by atoms with van der Waals surface area (Å²) in [6.07, 6.45) is 1.84. The van der Waals surface area contributed by atoms with E-state index in [1.54, 1.807) is 24.3 Å². The molecule has 0 saturated heterocycles. The van der Waals surface area contributed by atoms with Gasteiger partial charge >= 0.3 is 0 Å². The molecule has 1 aromatic heterocycles. The molecule has 0 saturated carbocycles. The minimum Gasteiger partial charge on any atom is -0.494 e. The topological polar surface area (TPSA) is 84.5 Å². The number of benzene rings is 1. The van der Waals surface area contributed by atoms with Crippen LogP contribution in [-0.2, 0) is 11.2 Å². The van der Waals surface area contributed by atoms with E-state index < -0.39 is 5.91 Å². The van der Waals surface area contributed by atoms with Crippen molar-refractivity contribution < 1.29 is 19.1 Å². The van der Waals surface area contributed by atoms with Crippen molar-refractivity contribution in [1.82, 2.24) is 10.9 Å². The van der Waals surface area contributed by atoms with Crippen molar-refractivity contribution in [2.75, 3.05) is 6.61 Å². The molecular weight excluding hydrogens is 376 g/mol. The quantitative estimate of drug-likeness (QED) is 0.493. The molecule has 28 heavy (non-hydrogen) atoms. The summed E-state index contributed by atoms with van der Waals surface area (Å²) >= 11 is 1.41. The van der Waals surface area contributed by atoms with Crippen molar-refractivity contribution in [3.63, 3.8) is 0 Å². The summed E-state index contributed by atoms with van der Waals surface area (Å²) in [4.78, 5) is 37.9. The van der Waals surface area contributed by atoms with E-state index in [-0.39, 0.29) is 24.5 Å². The number of amides is 2. The standard InChI is InChI=1S/C21H26N2O4S/c1-4-12-27-16-8-6-15(7-9-16)17(24)10-11-20(25)22-23-21(26)19-13-14(3)18(5-2)28-19/h6-9,13H,4-5,10-12H2,1-3H3,(H,22,25)(H,23,26). The molecule has 2 amide bonds. The highest BCUT2D eigenvalue weighted by atomic mass is 32.1. The van der Waals surface area contributed by atoms with Crippen LogP contribution in [0.25, 0.3) is 0 Å². The lowest BCUT2D eigenvalue weighted by Crippen LogP contribution is -2.41. The van der Waals surface area contributed by atoms with Crippen molar-refractivity contribution in [2.24, 2.45) is 0 Å². The maximum Gasteiger partial charge on any atom is 0.279 e. The molecular formula is C21H26N2O4S. The van der Waals surface area contributed by atoms with Crippen LogP contribution in [0, 0.1) is 6.92 Å². The van der Waals surface area contributed by atoms with Crippen LogP contribution < -0.4 is 15.6 Å². The Hall–Kier alpha value is -2.67. The highest BCUT2D eigenvalue weighted by molar-refractivity contribution is 7.14. The molecule has 7 heteroatoms. The van der Waals surface area contributed by atoms with Crippen molar-refractivity contribution >= 4 is 28.9 Å². The fraction of sp³-hybridized carbons (Fsp3) is 0.381. The second-order valence-corrected chi connectivity index (χ2v) is 7.51. The van der Waals surface area contributed by atoms with Gasteiger partial charge in [0.25, 0.3) is 5.91 Å². The van der Waals surface area contributed by atoms with Gasteiger partial charge in [-0.2, -0.15) is 0 Å². The summed E-state index contributed by atoms with van der Waals surface area (Å²) < 4.78 is 5.48. The Bertz CT molecular complexity index is 827. The fourth-order valence-electron chi connectivity index (χ4n) is 2.56. The molecule has 2 rings (SSSR count). The number of Topliss-reactive ketones (excluding diaryl/α,β-unsaturated/α-hetero) is 1. The lowest BCUT2D eigenvalue weighted by atomic mass is 10.1. The highest BCUT2D eigenvalue weighted by Crippen LogP contribution is 2.22. The van der Waals surface area contributed by atoms with Crippen LogP contribution in [0.15, 0.2) is 30.3 Å². The van der Waals surface area contributed by atoms with Gasteiger partial charge in [-0.25, -0.2) is 0 Å². The Kier molecular flexibility index (Phi) is 8.19. The second kappa shape index (κ2) is 10.6. The van der Waals surface area contributed by atoms with Crippen LogP contribution >= 0.6 is 11.3 Å². The highest BCUT2D eigenvalue weighted by Gasteiger charge is 2.14. The summed E-state index contributed by atoms with van der Waals surface area (Å²) in [5, 5.41) is 0. The van der Waals surface area contributed by atoms with Crippen molar-refractivity contribution in [2.45, 2.75) is 46.5 Å². The van der Waals surface area contributed by atoms with Crippen LogP contribution in [0.1, 0.15) is 63.6 Å². The molecule has 0 aliphatic heterocycles. The molecule has 0 fully saturated rings. The third kappa shape index (κ3) is 6.20. The summed E-state index contributed by atoms with van der Waals surface area (Å²) in [5.74, 6) is -0.178. The molecule has 150 valence electrons. The fourth-order valence-corrected chi connectivity index (χ4v) is 3.57. The van der Waals surface area contributed by atoms with E-state index in [2.05, 4.69) is 10.9 Å². The Balaban J connectivity index is 1.76. The smallest absolute Gasteiger partial charge is 0.279 e. The molecule has 1 heterocycles. The van der Waals surface area contributed by atoms with Crippen LogP contribution in [0.3, 0.4) is 0 Å². The van der Waals surface area contributed by atoms with Crippen molar-refractivity contribution in [1.29, 1.82) is 0 Å². The SMILES string of the molecule is CCCOc1ccc(C(=O)CCC(=O)NNC(=O)c2cc(C)c(CC)s2)cc1. The first kappa shape index (κ1) is 21.6. The van der Waals surface area contributed by atoms with Crippen molar-refractivity contribution in [3.05, 3.63) is 51.2 Å². The number of carbonyl (C=O) groups excluding carboxylic acids is 3. The molecule has 0 unspecified atom stereocenters. The maximum atomic E-state index is 12.2. The van der Waals surface area contributed by atoms with Gasteiger partial charge in [0.05, 0.1) is 11.5 Å². The zero-order valence-electron chi connectivity index (χ0n) is 16.5. The number of rotatable bonds is 9. The monoisotopic (exact) mass is 402 g/mol. The van der Waals surface area contributed by atoms with Gasteiger partial charge in [-0.15, -0.1) is 11.3 Å². The Labute approximate surface area is 169 Å². The molecule has 1 aromatic carbocycles. The van der Waals surface area contributed by atoms with Gasteiger partial charge in [0.1, 0.15) is 5.75 Å². The molecule has 0 aliphatic rings. The number of carbonyl (C=O) groups is 3. The average molecular weight is 403 g/mol. The Morgan fingerprint density at radius 2 is 1.75 bits per heavy atom. The minimum absolute atomic E-state index is 0.00310. The van der Waals surface area contributed by atoms with Crippen LogP contribution in [0.5, 0.6) is 5.75 Å². The molecule has 0 aliphatic carbocycles. The van der Waals surface area contributed by atoms with E-state index >= 15 is 0 Å². The molecule has 0 radical (unpaired) electrons. The number of aryl methyl sites for hydroxylation is 2. The number of thiophene rings is 1. The lowest BCUT2D eigenvalue weighted by molar-refractivity contribution is -0.121. The maximum absolute atomic E-state index is 12.2. The van der Waals surface area contributed by atoms with E-state index in [0.29, 0.717) is 22.8 Å². The first-order valence-corrected chi connectivity index (χ1v) is 10.2. The number of hydrogen-bond acceptors (Lipinski definition) is 5. The molecule has 6 nitrogen and oxygen atoms in total. The van der Waals surface area contributed by atoms with E-state index in [9.17, 15) is 14.4 Å². The van der Waals surface area contributed by atoms with E-state index in [1.807, 2.05) is 26.8 Å². The van der Waals surface area contributed by atoms with Gasteiger partial charge in [0.15, 0.2) is 5.78 Å². The summed E-state index contributed by atoms with van der Waals surface area (Å²) in [5.41, 5.74) is 6.36. The van der Waals surface area contributed by atoms with Crippen LogP contribution in [-0.4, -0.2) is 24.2 Å². The number of hydrogen-bond donors (Lipinski definition) is 2. The second-order valence-electron chi connectivity index (χ2n) is 6.37. The first-order valence-electron chi connectivity index (χ1n) is 9.39. The third-order valence-corrected chi connectivity index (χ3v) is 5.49. The zero-order chi connectivity index (χ0) is 20.5. The normalized spacial score (nSPS) is 10.4. The van der Waals surface area contributed by atoms with Gasteiger partial charge in [0.2, 0.25) is 5.91 Å². The average Bonchev–Trinajstić information content (AvgIpc) is 3.09. The summed E-state index contributed by atoms with van der Waals surface area (Å²) in [7, 11) is 0. The van der Waals surface area contributed by atoms with Gasteiger partial charge < -0.3 is 4.74 Å². The summed E-state index contributed by atoms with van der Waals surface area (Å²) in [6.45, 7) is 6.64. The molecule has 2 aromatic rings. The Morgan fingerprint density at radius 1 is 1.04 bits per heavy atom. The van der Waals surface area contributed by atoms with Crippen molar-refractivity contribution in [3.8, 4) is 5.75 Å². The largest absolute Gasteiger partial charge is 0.494 e. The molecule has 0 bridgehead atoms. The first-order chi connectivity index (χ1) is 13.4. The van der Waals surface area contributed by atoms with Crippen LogP contribution in [0.2, 0.25) is 0 Å². The van der Waals surface area contributed by atoms with E-state index in [1.165, 1.54) is 11.3 Å². The predicted octanol–water partition coefficient (Wildman–Crippen LogP) is 3.83. The van der Waals surface area contributed by atoms with Gasteiger partial charge in [-0.3, -0.25) is 25.2 Å². The third-order valence-electron chi connectivity index (χ3n) is 4.11. The van der Waals surface area contributed by atoms with Gasteiger partial charge in [-0.05, 0) is 55.7 Å². The van der Waals surface area contributed by atoms with Gasteiger partial charge in [0, 0.05) is 23.3 Å². The number of ketones is 1. The predicted molar refractivity (Wildman–Crippen MR) is 110 cm³/mol. The van der Waals surface area contributed by atoms with Crippen LogP contribution in [0.4, 0.5) is 0 Å². The Morgan fingerprint density at radius 3 is 2.36 bits per heavy atom. The zero-order valence-corrected chi connectivity index (χ0v) is 17.3.